The number of carbonyl (C=O) groups is 1. The van der Waals surface area contributed by atoms with Crippen molar-refractivity contribution >= 4 is 44.6 Å². The molecule has 0 bridgehead atoms. The summed E-state index contributed by atoms with van der Waals surface area (Å²) in [5, 5.41) is 7.17. The van der Waals surface area contributed by atoms with Crippen molar-refractivity contribution in [1.29, 1.82) is 0 Å². The molecule has 2 aromatic heterocycles. The summed E-state index contributed by atoms with van der Waals surface area (Å²) < 4.78 is 33.2. The second kappa shape index (κ2) is 8.93. The van der Waals surface area contributed by atoms with E-state index in [1.54, 1.807) is 32.0 Å². The number of hydrogen-bond donors (Lipinski definition) is 1. The molecule has 3 heterocycles. The molecule has 11 heteroatoms. The van der Waals surface area contributed by atoms with Gasteiger partial charge in [-0.15, -0.1) is 11.3 Å². The summed E-state index contributed by atoms with van der Waals surface area (Å²) in [4.78, 5) is 18.5. The lowest BCUT2D eigenvalue weighted by Crippen LogP contribution is -2.43. The Bertz CT molecular complexity index is 1270. The summed E-state index contributed by atoms with van der Waals surface area (Å²) in [6.07, 6.45) is 1.20. The number of carbonyl (C=O) groups excluding carboxylic acids is 1. The smallest absolute Gasteiger partial charge is 0.244 e. The molecule has 1 saturated heterocycles. The molecule has 1 atom stereocenters. The van der Waals surface area contributed by atoms with E-state index in [-0.39, 0.29) is 17.3 Å². The predicted molar refractivity (Wildman–Crippen MR) is 123 cm³/mol. The summed E-state index contributed by atoms with van der Waals surface area (Å²) in [6, 6.07) is 6.97. The van der Waals surface area contributed by atoms with Gasteiger partial charge in [-0.1, -0.05) is 22.8 Å². The average Bonchev–Trinajstić information content (AvgIpc) is 3.36. The Morgan fingerprint density at radius 1 is 1.28 bits per heavy atom. The summed E-state index contributed by atoms with van der Waals surface area (Å²) in [6.45, 7) is 5.82. The maximum absolute atomic E-state index is 13.4. The van der Waals surface area contributed by atoms with E-state index in [0.29, 0.717) is 51.6 Å². The van der Waals surface area contributed by atoms with E-state index in [2.05, 4.69) is 15.5 Å². The van der Waals surface area contributed by atoms with Gasteiger partial charge in [-0.25, -0.2) is 8.42 Å². The van der Waals surface area contributed by atoms with Crippen LogP contribution in [0.5, 0.6) is 0 Å². The maximum Gasteiger partial charge on any atom is 0.244 e. The Morgan fingerprint density at radius 2 is 2.06 bits per heavy atom. The topological polar surface area (TPSA) is 105 Å². The Hall–Kier alpha value is -2.27. The van der Waals surface area contributed by atoms with E-state index in [0.717, 1.165) is 5.56 Å². The molecule has 1 fully saturated rings. The van der Waals surface area contributed by atoms with Crippen molar-refractivity contribution in [3.8, 4) is 10.7 Å². The number of nitrogens with one attached hydrogen (secondary N) is 1. The van der Waals surface area contributed by atoms with Gasteiger partial charge in [0.25, 0.3) is 0 Å². The molecule has 0 aliphatic carbocycles. The van der Waals surface area contributed by atoms with Gasteiger partial charge in [-0.2, -0.15) is 9.29 Å². The van der Waals surface area contributed by atoms with E-state index >= 15 is 0 Å². The van der Waals surface area contributed by atoms with Gasteiger partial charge in [-0.05, 0) is 50.5 Å². The number of sulfonamides is 1. The first kappa shape index (κ1) is 22.9. The van der Waals surface area contributed by atoms with Crippen LogP contribution in [-0.2, 0) is 14.8 Å². The van der Waals surface area contributed by atoms with Crippen LogP contribution in [-0.4, -0.2) is 41.9 Å². The molecule has 32 heavy (non-hydrogen) atoms. The Balaban J connectivity index is 1.52. The van der Waals surface area contributed by atoms with Gasteiger partial charge in [0.15, 0.2) is 0 Å². The highest BCUT2D eigenvalue weighted by Gasteiger charge is 2.35. The van der Waals surface area contributed by atoms with Crippen LogP contribution in [0.1, 0.15) is 29.2 Å². The van der Waals surface area contributed by atoms with Crippen LogP contribution in [0.15, 0.2) is 33.7 Å². The minimum absolute atomic E-state index is 0.115. The molecule has 3 aromatic rings. The summed E-state index contributed by atoms with van der Waals surface area (Å²) >= 11 is 7.53. The van der Waals surface area contributed by atoms with Crippen LogP contribution in [0.4, 0.5) is 5.69 Å². The molecule has 8 nitrogen and oxygen atoms in total. The van der Waals surface area contributed by atoms with Gasteiger partial charge in [0, 0.05) is 24.9 Å². The molecule has 1 amide bonds. The fourth-order valence-corrected chi connectivity index (χ4v) is 6.99. The summed E-state index contributed by atoms with van der Waals surface area (Å²) in [5.41, 5.74) is 1.51. The number of nitrogens with zero attached hydrogens (tertiary/aromatic N) is 3. The minimum atomic E-state index is -3.77. The zero-order valence-corrected chi connectivity index (χ0v) is 20.3. The molecule has 0 unspecified atom stereocenters. The van der Waals surface area contributed by atoms with Gasteiger partial charge in [-0.3, -0.25) is 4.79 Å². The van der Waals surface area contributed by atoms with Gasteiger partial charge in [0.1, 0.15) is 0 Å². The highest BCUT2D eigenvalue weighted by Crippen LogP contribution is 2.35. The van der Waals surface area contributed by atoms with Crippen molar-refractivity contribution in [3.05, 3.63) is 45.6 Å². The molecule has 1 aliphatic rings. The largest absolute Gasteiger partial charge is 0.339 e. The fraction of sp³-hybridized carbons (Fsp3) is 0.381. The second-order valence-electron chi connectivity index (χ2n) is 7.84. The van der Waals surface area contributed by atoms with E-state index in [9.17, 15) is 13.2 Å². The van der Waals surface area contributed by atoms with Crippen LogP contribution >= 0.6 is 22.9 Å². The number of anilines is 1. The summed E-state index contributed by atoms with van der Waals surface area (Å²) in [5.74, 6) is 0.0757. The van der Waals surface area contributed by atoms with Gasteiger partial charge in [0.05, 0.1) is 26.4 Å². The molecule has 4 rings (SSSR count). The number of piperidine rings is 1. The van der Waals surface area contributed by atoms with Crippen molar-refractivity contribution in [1.82, 2.24) is 14.4 Å². The number of benzene rings is 1. The van der Waals surface area contributed by atoms with Crippen LogP contribution in [0.25, 0.3) is 10.7 Å². The third-order valence-electron chi connectivity index (χ3n) is 5.38. The maximum atomic E-state index is 13.4. The van der Waals surface area contributed by atoms with Crippen molar-refractivity contribution in [2.24, 2.45) is 5.92 Å². The molecule has 1 N–H and O–H groups in total. The van der Waals surface area contributed by atoms with Gasteiger partial charge in [0.2, 0.25) is 27.6 Å². The van der Waals surface area contributed by atoms with Gasteiger partial charge >= 0.3 is 0 Å². The number of rotatable bonds is 5. The Labute approximate surface area is 195 Å². The lowest BCUT2D eigenvalue weighted by atomic mass is 9.98. The summed E-state index contributed by atoms with van der Waals surface area (Å²) in [7, 11) is -3.77. The highest BCUT2D eigenvalue weighted by atomic mass is 35.5. The van der Waals surface area contributed by atoms with Crippen LogP contribution in [0, 0.1) is 26.7 Å². The molecular weight excluding hydrogens is 472 g/mol. The zero-order valence-electron chi connectivity index (χ0n) is 17.9. The lowest BCUT2D eigenvalue weighted by molar-refractivity contribution is -0.120. The molecule has 0 spiro atoms. The zero-order chi connectivity index (χ0) is 23.0. The first-order valence-corrected chi connectivity index (χ1v) is 12.8. The number of amides is 1. The van der Waals surface area contributed by atoms with E-state index < -0.39 is 15.9 Å². The normalized spacial score (nSPS) is 17.4. The first-order chi connectivity index (χ1) is 15.1. The van der Waals surface area contributed by atoms with Crippen molar-refractivity contribution in [3.63, 3.8) is 0 Å². The molecular formula is C21H23ClN4O4S2. The number of hydrogen-bond acceptors (Lipinski definition) is 7. The predicted octanol–water partition coefficient (Wildman–Crippen LogP) is 4.42. The minimum Gasteiger partial charge on any atom is -0.339 e. The van der Waals surface area contributed by atoms with E-state index in [4.69, 9.17) is 16.1 Å². The van der Waals surface area contributed by atoms with Crippen LogP contribution < -0.4 is 5.32 Å². The quantitative estimate of drug-likeness (QED) is 0.563. The lowest BCUT2D eigenvalue weighted by Gasteiger charge is -2.31. The first-order valence-electron chi connectivity index (χ1n) is 10.1. The third-order valence-corrected chi connectivity index (χ3v) is 8.86. The standard InChI is InChI=1S/C21H23ClN4O4S2/c1-12-6-7-17(16(22)9-12)24-21(27)15-5-4-8-26(11-15)32(28,29)19-10-18(31-13(19)2)20-23-14(3)30-25-20/h6-7,9-10,15H,4-5,8,11H2,1-3H3,(H,24,27)/t15-/m0/s1. The Morgan fingerprint density at radius 3 is 2.75 bits per heavy atom. The Kier molecular flexibility index (Phi) is 6.39. The van der Waals surface area contributed by atoms with Crippen molar-refractivity contribution in [2.75, 3.05) is 18.4 Å². The fourth-order valence-electron chi connectivity index (χ4n) is 3.70. The SMILES string of the molecule is Cc1ccc(NC(=O)[C@H]2CCCN(S(=O)(=O)c3cc(-c4noc(C)n4)sc3C)C2)c(Cl)c1. The van der Waals surface area contributed by atoms with Crippen LogP contribution in [0.2, 0.25) is 5.02 Å². The van der Waals surface area contributed by atoms with Gasteiger partial charge < -0.3 is 9.84 Å². The molecule has 170 valence electrons. The molecule has 1 aliphatic heterocycles. The third kappa shape index (κ3) is 4.59. The van der Waals surface area contributed by atoms with E-state index in [1.807, 2.05) is 13.0 Å². The van der Waals surface area contributed by atoms with Crippen molar-refractivity contribution in [2.45, 2.75) is 38.5 Å². The van der Waals surface area contributed by atoms with Crippen molar-refractivity contribution < 1.29 is 17.7 Å². The van der Waals surface area contributed by atoms with E-state index in [1.165, 1.54) is 15.6 Å². The average molecular weight is 495 g/mol. The highest BCUT2D eigenvalue weighted by molar-refractivity contribution is 7.89. The monoisotopic (exact) mass is 494 g/mol. The number of halogens is 1. The number of aromatic nitrogens is 2. The molecule has 0 radical (unpaired) electrons. The second-order valence-corrected chi connectivity index (χ2v) is 11.4. The molecule has 1 aromatic carbocycles. The molecule has 0 saturated carbocycles. The van der Waals surface area contributed by atoms with Crippen LogP contribution in [0.3, 0.4) is 0 Å². The number of aryl methyl sites for hydroxylation is 3. The number of thiophene rings is 1.